The monoisotopic (exact) mass is 407 g/mol. The van der Waals surface area contributed by atoms with Gasteiger partial charge in [0.15, 0.2) is 0 Å². The quantitative estimate of drug-likeness (QED) is 0.756. The zero-order chi connectivity index (χ0) is 21.5. The van der Waals surface area contributed by atoms with Crippen molar-refractivity contribution in [2.24, 2.45) is 5.92 Å². The number of nitriles is 1. The molecule has 2 heterocycles. The van der Waals surface area contributed by atoms with Crippen molar-refractivity contribution < 1.29 is 9.53 Å². The van der Waals surface area contributed by atoms with Gasteiger partial charge in [0.2, 0.25) is 0 Å². The van der Waals surface area contributed by atoms with Crippen molar-refractivity contribution >= 4 is 17.4 Å². The molecule has 1 aromatic heterocycles. The molecule has 0 spiro atoms. The lowest BCUT2D eigenvalue weighted by molar-refractivity contribution is 0.0577. The third-order valence-corrected chi connectivity index (χ3v) is 5.22. The topological polar surface area (TPSA) is 81.5 Å². The van der Waals surface area contributed by atoms with Crippen molar-refractivity contribution in [2.45, 2.75) is 26.8 Å². The summed E-state index contributed by atoms with van der Waals surface area (Å²) in [5, 5.41) is 12.7. The van der Waals surface area contributed by atoms with Crippen LogP contribution < -0.4 is 10.1 Å². The van der Waals surface area contributed by atoms with E-state index in [1.807, 2.05) is 36.1 Å². The molecule has 2 aromatic rings. The maximum Gasteiger partial charge on any atom is 0.257 e. The van der Waals surface area contributed by atoms with E-state index in [0.29, 0.717) is 44.2 Å². The van der Waals surface area contributed by atoms with Crippen molar-refractivity contribution in [1.82, 2.24) is 14.8 Å². The largest absolute Gasteiger partial charge is 0.494 e. The molecule has 0 radical (unpaired) electrons. The van der Waals surface area contributed by atoms with Gasteiger partial charge in [0, 0.05) is 38.1 Å². The highest BCUT2D eigenvalue weighted by Gasteiger charge is 2.29. The van der Waals surface area contributed by atoms with E-state index in [4.69, 9.17) is 4.74 Å². The molecule has 30 heavy (non-hydrogen) atoms. The summed E-state index contributed by atoms with van der Waals surface area (Å²) in [6, 6.07) is 13.4. The minimum absolute atomic E-state index is 0.0470. The minimum Gasteiger partial charge on any atom is -0.494 e. The van der Waals surface area contributed by atoms with Gasteiger partial charge in [-0.3, -0.25) is 9.69 Å². The number of benzene rings is 1. The van der Waals surface area contributed by atoms with Crippen LogP contribution in [0.1, 0.15) is 31.1 Å². The van der Waals surface area contributed by atoms with Gasteiger partial charge in [-0.25, -0.2) is 4.98 Å². The molecule has 1 amide bonds. The maximum absolute atomic E-state index is 13.2. The molecule has 1 unspecified atom stereocenters. The fourth-order valence-corrected chi connectivity index (χ4v) is 3.64. The number of rotatable bonds is 7. The van der Waals surface area contributed by atoms with E-state index in [-0.39, 0.29) is 17.9 Å². The van der Waals surface area contributed by atoms with E-state index in [1.54, 1.807) is 18.3 Å². The number of hydrogen-bond acceptors (Lipinski definition) is 6. The number of hydrogen-bond donors (Lipinski definition) is 1. The van der Waals surface area contributed by atoms with Gasteiger partial charge in [-0.2, -0.15) is 5.26 Å². The van der Waals surface area contributed by atoms with Gasteiger partial charge in [0.05, 0.1) is 18.2 Å². The molecule has 0 aliphatic carbocycles. The predicted octanol–water partition coefficient (Wildman–Crippen LogP) is 3.53. The van der Waals surface area contributed by atoms with Gasteiger partial charge >= 0.3 is 0 Å². The summed E-state index contributed by atoms with van der Waals surface area (Å²) in [7, 11) is 0. The molecule has 0 saturated carbocycles. The van der Waals surface area contributed by atoms with Gasteiger partial charge in [0.1, 0.15) is 17.6 Å². The minimum atomic E-state index is -0.113. The number of nitrogens with zero attached hydrogens (tertiary/aromatic N) is 4. The second kappa shape index (κ2) is 10.1. The van der Waals surface area contributed by atoms with Gasteiger partial charge in [0.25, 0.3) is 5.91 Å². The Morgan fingerprint density at radius 2 is 1.90 bits per heavy atom. The number of piperazine rings is 1. The van der Waals surface area contributed by atoms with Gasteiger partial charge in [-0.15, -0.1) is 0 Å². The molecular weight excluding hydrogens is 378 g/mol. The van der Waals surface area contributed by atoms with Gasteiger partial charge in [-0.1, -0.05) is 13.8 Å². The zero-order valence-corrected chi connectivity index (χ0v) is 17.8. The number of nitrogens with one attached hydrogen (secondary N) is 1. The first-order chi connectivity index (χ1) is 14.5. The number of carbonyl (C=O) groups excluding carboxylic acids is 1. The summed E-state index contributed by atoms with van der Waals surface area (Å²) in [6.07, 6.45) is 1.67. The average molecular weight is 408 g/mol. The summed E-state index contributed by atoms with van der Waals surface area (Å²) < 4.78 is 5.47. The van der Waals surface area contributed by atoms with Crippen LogP contribution in [-0.2, 0) is 0 Å². The van der Waals surface area contributed by atoms with Crippen LogP contribution in [0, 0.1) is 17.2 Å². The number of anilines is 2. The maximum atomic E-state index is 13.2. The Kier molecular flexibility index (Phi) is 7.26. The Balaban J connectivity index is 1.68. The number of pyridine rings is 1. The predicted molar refractivity (Wildman–Crippen MR) is 117 cm³/mol. The van der Waals surface area contributed by atoms with E-state index >= 15 is 0 Å². The molecule has 1 aliphatic heterocycles. The average Bonchev–Trinajstić information content (AvgIpc) is 2.76. The zero-order valence-electron chi connectivity index (χ0n) is 17.8. The lowest BCUT2D eigenvalue weighted by Crippen LogP contribution is -2.52. The van der Waals surface area contributed by atoms with E-state index in [0.717, 1.165) is 11.4 Å². The first kappa shape index (κ1) is 21.6. The number of carbonyl (C=O) groups is 1. The second-order valence-corrected chi connectivity index (χ2v) is 7.63. The first-order valence-electron chi connectivity index (χ1n) is 10.4. The van der Waals surface area contributed by atoms with Crippen molar-refractivity contribution in [1.29, 1.82) is 5.26 Å². The molecule has 1 aliphatic rings. The van der Waals surface area contributed by atoms with Crippen LogP contribution in [-0.4, -0.2) is 59.5 Å². The van der Waals surface area contributed by atoms with E-state index < -0.39 is 0 Å². The lowest BCUT2D eigenvalue weighted by Gasteiger charge is -2.38. The standard InChI is InChI=1S/C23H29N5O2/c1-4-30-19-9-7-18(8-10-19)26-22-20(6-5-11-25-22)23(29)28-14-12-27(13-15-28)21(16-24)17(2)3/h5-11,17,21H,4,12-15H2,1-3H3,(H,25,26). The summed E-state index contributed by atoms with van der Waals surface area (Å²) >= 11 is 0. The molecule has 1 saturated heterocycles. The smallest absolute Gasteiger partial charge is 0.257 e. The fourth-order valence-electron chi connectivity index (χ4n) is 3.64. The third-order valence-electron chi connectivity index (χ3n) is 5.22. The first-order valence-corrected chi connectivity index (χ1v) is 10.4. The normalized spacial score (nSPS) is 15.5. The number of amides is 1. The number of aromatic nitrogens is 1. The van der Waals surface area contributed by atoms with Gasteiger partial charge in [-0.05, 0) is 49.2 Å². The lowest BCUT2D eigenvalue weighted by atomic mass is 10.0. The van der Waals surface area contributed by atoms with E-state index in [1.165, 1.54) is 0 Å². The third kappa shape index (κ3) is 5.08. The van der Waals surface area contributed by atoms with Crippen LogP contribution in [0.3, 0.4) is 0 Å². The Morgan fingerprint density at radius 3 is 2.50 bits per heavy atom. The van der Waals surface area contributed by atoms with Crippen molar-refractivity contribution in [3.8, 4) is 11.8 Å². The number of ether oxygens (including phenoxy) is 1. The Morgan fingerprint density at radius 1 is 1.20 bits per heavy atom. The van der Waals surface area contributed by atoms with Crippen LogP contribution in [0.2, 0.25) is 0 Å². The molecule has 7 nitrogen and oxygen atoms in total. The van der Waals surface area contributed by atoms with E-state index in [9.17, 15) is 10.1 Å². The highest BCUT2D eigenvalue weighted by Crippen LogP contribution is 2.23. The molecule has 1 fully saturated rings. The van der Waals surface area contributed by atoms with Crippen molar-refractivity contribution in [3.63, 3.8) is 0 Å². The van der Waals surface area contributed by atoms with Crippen LogP contribution >= 0.6 is 0 Å². The van der Waals surface area contributed by atoms with Crippen LogP contribution in [0.4, 0.5) is 11.5 Å². The Bertz CT molecular complexity index is 883. The summed E-state index contributed by atoms with van der Waals surface area (Å²) in [5.41, 5.74) is 1.38. The second-order valence-electron chi connectivity index (χ2n) is 7.63. The molecule has 1 N–H and O–H groups in total. The van der Waals surface area contributed by atoms with E-state index in [2.05, 4.69) is 35.1 Å². The fraction of sp³-hybridized carbons (Fsp3) is 0.435. The highest BCUT2D eigenvalue weighted by molar-refractivity contribution is 5.99. The van der Waals surface area contributed by atoms with Gasteiger partial charge < -0.3 is 15.0 Å². The summed E-state index contributed by atoms with van der Waals surface area (Å²) in [4.78, 5) is 21.6. The molecule has 1 aromatic carbocycles. The molecular formula is C23H29N5O2. The highest BCUT2D eigenvalue weighted by atomic mass is 16.5. The summed E-state index contributed by atoms with van der Waals surface area (Å²) in [5.74, 6) is 1.55. The molecule has 3 rings (SSSR count). The SMILES string of the molecule is CCOc1ccc(Nc2ncccc2C(=O)N2CCN(C(C#N)C(C)C)CC2)cc1. The van der Waals surface area contributed by atoms with Crippen molar-refractivity contribution in [2.75, 3.05) is 38.1 Å². The van der Waals surface area contributed by atoms with Crippen LogP contribution in [0.15, 0.2) is 42.6 Å². The van der Waals surface area contributed by atoms with Crippen molar-refractivity contribution in [3.05, 3.63) is 48.2 Å². The molecule has 7 heteroatoms. The van der Waals surface area contributed by atoms with Crippen LogP contribution in [0.5, 0.6) is 5.75 Å². The Hall–Kier alpha value is -3.11. The Labute approximate surface area is 178 Å². The molecule has 1 atom stereocenters. The molecule has 158 valence electrons. The summed E-state index contributed by atoms with van der Waals surface area (Å²) in [6.45, 7) is 9.27. The van der Waals surface area contributed by atoms with Crippen LogP contribution in [0.25, 0.3) is 0 Å². The molecule has 0 bridgehead atoms.